The molecule has 1 heterocycles. The highest BCUT2D eigenvalue weighted by molar-refractivity contribution is 6.65. The van der Waals surface area contributed by atoms with E-state index in [0.717, 1.165) is 0 Å². The van der Waals surface area contributed by atoms with Crippen LogP contribution in [0.15, 0.2) is 41.5 Å². The largest absolute Gasteiger partial charge is 0.496 e. The van der Waals surface area contributed by atoms with Crippen LogP contribution in [0.2, 0.25) is 0 Å². The van der Waals surface area contributed by atoms with Crippen molar-refractivity contribution in [1.82, 2.24) is 15.8 Å². The second-order valence-electron chi connectivity index (χ2n) is 8.02. The summed E-state index contributed by atoms with van der Waals surface area (Å²) in [7, 11) is 0.622. The van der Waals surface area contributed by atoms with Crippen LogP contribution in [0.3, 0.4) is 0 Å². The molecule has 0 unspecified atom stereocenters. The van der Waals surface area contributed by atoms with Crippen LogP contribution in [0, 0.1) is 6.92 Å². The first kappa shape index (κ1) is 21.4. The number of carbonyl (C=O) groups is 2. The maximum Gasteiger partial charge on any atom is 0.464 e. The topological polar surface area (TPSA) is 103 Å². The lowest BCUT2D eigenvalue weighted by atomic mass is 9.71. The summed E-state index contributed by atoms with van der Waals surface area (Å²) in [6.45, 7) is 7.31. The molecule has 1 aliphatic heterocycles. The third-order valence-corrected chi connectivity index (χ3v) is 4.87. The summed E-state index contributed by atoms with van der Waals surface area (Å²) in [5, 5.41) is 17.7. The smallest absolute Gasteiger partial charge is 0.464 e. The van der Waals surface area contributed by atoms with Crippen LogP contribution >= 0.6 is 0 Å². The zero-order chi connectivity index (χ0) is 22.1. The number of hydrogen-bond donors (Lipinski definition) is 3. The van der Waals surface area contributed by atoms with E-state index in [1.165, 1.54) is 11.2 Å². The fourth-order valence-electron chi connectivity index (χ4n) is 3.20. The lowest BCUT2D eigenvalue weighted by Crippen LogP contribution is -2.56. The summed E-state index contributed by atoms with van der Waals surface area (Å²) in [6.07, 6.45) is 1.53. The number of rotatable bonds is 3. The Morgan fingerprint density at radius 3 is 2.63 bits per heavy atom. The first-order valence-electron chi connectivity index (χ1n) is 9.53. The lowest BCUT2D eigenvalue weighted by Gasteiger charge is -2.36. The average molecular weight is 408 g/mol. The Hall–Kier alpha value is -3.33. The van der Waals surface area contributed by atoms with E-state index in [1.807, 2.05) is 20.8 Å². The number of benzene rings is 2. The Kier molecular flexibility index (Phi) is 5.84. The zero-order valence-electron chi connectivity index (χ0n) is 17.7. The van der Waals surface area contributed by atoms with Gasteiger partial charge < -0.3 is 15.1 Å². The molecule has 0 spiro atoms. The molecule has 3 rings (SSSR count). The molecule has 9 heteroatoms. The van der Waals surface area contributed by atoms with Gasteiger partial charge in [0, 0.05) is 16.7 Å². The fourth-order valence-corrected chi connectivity index (χ4v) is 3.20. The van der Waals surface area contributed by atoms with Crippen molar-refractivity contribution in [2.24, 2.45) is 5.10 Å². The van der Waals surface area contributed by atoms with Crippen LogP contribution in [0.25, 0.3) is 0 Å². The number of ether oxygens (including phenoxy) is 1. The number of nitrogens with one attached hydrogen (secondary N) is 2. The molecule has 2 aromatic rings. The Morgan fingerprint density at radius 1 is 1.23 bits per heavy atom. The zero-order valence-corrected chi connectivity index (χ0v) is 17.7. The molecular formula is C21H25BN4O4. The number of nitrogens with zero attached hydrogens (tertiary/aromatic N) is 2. The summed E-state index contributed by atoms with van der Waals surface area (Å²) < 4.78 is 5.32. The average Bonchev–Trinajstić information content (AvgIpc) is 2.70. The van der Waals surface area contributed by atoms with Crippen molar-refractivity contribution in [3.63, 3.8) is 0 Å². The molecule has 0 fully saturated rings. The maximum atomic E-state index is 13.3. The minimum Gasteiger partial charge on any atom is -0.496 e. The second-order valence-corrected chi connectivity index (χ2v) is 8.02. The van der Waals surface area contributed by atoms with E-state index in [0.29, 0.717) is 33.5 Å². The number of hydrazone groups is 1. The minimum atomic E-state index is -0.925. The van der Waals surface area contributed by atoms with Crippen molar-refractivity contribution < 1.29 is 19.3 Å². The standard InChI is InChI=1S/C21H25BN4O4/c1-13-16(7-6-8-18(13)30-5)20(28)26(21(2,3)4)24-19(27)14-9-10-17-15(11-14)12-23-25-22(17)29/h6-12,25,29H,1-5H3,(H,24,27). The fraction of sp³-hybridized carbons (Fsp3) is 0.286. The van der Waals surface area contributed by atoms with Gasteiger partial charge in [0.15, 0.2) is 0 Å². The quantitative estimate of drug-likeness (QED) is 0.524. The molecular weight excluding hydrogens is 383 g/mol. The molecule has 0 saturated carbocycles. The highest BCUT2D eigenvalue weighted by Crippen LogP contribution is 2.24. The van der Waals surface area contributed by atoms with Gasteiger partial charge in [-0.15, -0.1) is 0 Å². The molecule has 0 bridgehead atoms. The van der Waals surface area contributed by atoms with E-state index < -0.39 is 18.5 Å². The third kappa shape index (κ3) is 4.16. The highest BCUT2D eigenvalue weighted by Gasteiger charge is 2.31. The molecule has 0 radical (unpaired) electrons. The van der Waals surface area contributed by atoms with Gasteiger partial charge in [0.25, 0.3) is 11.8 Å². The minimum absolute atomic E-state index is 0.341. The molecule has 30 heavy (non-hydrogen) atoms. The molecule has 0 aliphatic carbocycles. The van der Waals surface area contributed by atoms with Gasteiger partial charge in [-0.2, -0.15) is 5.10 Å². The maximum absolute atomic E-state index is 13.3. The van der Waals surface area contributed by atoms with Crippen LogP contribution < -0.4 is 21.0 Å². The van der Waals surface area contributed by atoms with E-state index in [-0.39, 0.29) is 5.91 Å². The summed E-state index contributed by atoms with van der Waals surface area (Å²) >= 11 is 0. The SMILES string of the molecule is COc1cccc(C(=O)N(NC(=O)c2ccc3c(c2)C=NNB3O)C(C)(C)C)c1C. The molecule has 156 valence electrons. The lowest BCUT2D eigenvalue weighted by molar-refractivity contribution is 0.0357. The predicted octanol–water partition coefficient (Wildman–Crippen LogP) is 1.21. The molecule has 0 saturated heterocycles. The summed E-state index contributed by atoms with van der Waals surface area (Å²) in [6, 6.07) is 10.1. The van der Waals surface area contributed by atoms with E-state index >= 15 is 0 Å². The van der Waals surface area contributed by atoms with Gasteiger partial charge in [-0.05, 0) is 63.0 Å². The summed E-state index contributed by atoms with van der Waals surface area (Å²) in [5.41, 5.74) is 4.79. The van der Waals surface area contributed by atoms with Crippen LogP contribution in [-0.2, 0) is 0 Å². The number of hydrogen-bond acceptors (Lipinski definition) is 6. The summed E-state index contributed by atoms with van der Waals surface area (Å²) in [5.74, 6) is -0.184. The van der Waals surface area contributed by atoms with Crippen molar-refractivity contribution in [1.29, 1.82) is 0 Å². The number of amides is 2. The van der Waals surface area contributed by atoms with Gasteiger partial charge in [0.05, 0.1) is 18.9 Å². The van der Waals surface area contributed by atoms with Gasteiger partial charge in [-0.25, -0.2) is 5.01 Å². The van der Waals surface area contributed by atoms with Crippen LogP contribution in [0.1, 0.15) is 52.6 Å². The normalized spacial score (nSPS) is 12.7. The number of carbonyl (C=O) groups excluding carboxylic acids is 2. The molecule has 2 aromatic carbocycles. The van der Waals surface area contributed by atoms with E-state index in [2.05, 4.69) is 15.9 Å². The predicted molar refractivity (Wildman–Crippen MR) is 116 cm³/mol. The van der Waals surface area contributed by atoms with Crippen molar-refractivity contribution in [3.8, 4) is 5.75 Å². The van der Waals surface area contributed by atoms with Crippen molar-refractivity contribution in [3.05, 3.63) is 58.7 Å². The Morgan fingerprint density at radius 2 is 1.97 bits per heavy atom. The molecule has 0 aromatic heterocycles. The van der Waals surface area contributed by atoms with Gasteiger partial charge in [-0.1, -0.05) is 12.1 Å². The highest BCUT2D eigenvalue weighted by atomic mass is 16.5. The number of fused-ring (bicyclic) bond motifs is 1. The number of hydrazine groups is 1. The van der Waals surface area contributed by atoms with Crippen LogP contribution in [0.4, 0.5) is 0 Å². The van der Waals surface area contributed by atoms with Gasteiger partial charge in [0.2, 0.25) is 0 Å². The Balaban J connectivity index is 1.90. The molecule has 1 aliphatic rings. The van der Waals surface area contributed by atoms with Gasteiger partial charge in [0.1, 0.15) is 5.75 Å². The first-order valence-corrected chi connectivity index (χ1v) is 9.53. The van der Waals surface area contributed by atoms with E-state index in [9.17, 15) is 14.6 Å². The van der Waals surface area contributed by atoms with Crippen molar-refractivity contribution in [2.45, 2.75) is 33.2 Å². The second kappa shape index (κ2) is 8.20. The van der Waals surface area contributed by atoms with Gasteiger partial charge >= 0.3 is 7.05 Å². The third-order valence-electron chi connectivity index (χ3n) is 4.87. The van der Waals surface area contributed by atoms with Crippen molar-refractivity contribution >= 4 is 30.5 Å². The Labute approximate surface area is 176 Å². The first-order chi connectivity index (χ1) is 14.1. The summed E-state index contributed by atoms with van der Waals surface area (Å²) in [4.78, 5) is 26.3. The monoisotopic (exact) mass is 408 g/mol. The molecule has 2 amide bonds. The van der Waals surface area contributed by atoms with Crippen LogP contribution in [-0.4, -0.2) is 47.8 Å². The molecule has 0 atom stereocenters. The molecule has 3 N–H and O–H groups in total. The number of methoxy groups -OCH3 is 1. The van der Waals surface area contributed by atoms with E-state index in [1.54, 1.807) is 50.4 Å². The molecule has 8 nitrogen and oxygen atoms in total. The Bertz CT molecular complexity index is 1020. The van der Waals surface area contributed by atoms with E-state index in [4.69, 9.17) is 4.74 Å². The van der Waals surface area contributed by atoms with Crippen LogP contribution in [0.5, 0.6) is 5.75 Å². The van der Waals surface area contributed by atoms with Crippen molar-refractivity contribution in [2.75, 3.05) is 7.11 Å². The van der Waals surface area contributed by atoms with Gasteiger partial charge in [-0.3, -0.25) is 15.0 Å².